The number of benzene rings is 1. The van der Waals surface area contributed by atoms with Crippen molar-refractivity contribution in [2.45, 2.75) is 108 Å². The third kappa shape index (κ3) is 5.83. The molecule has 1 saturated heterocycles. The minimum atomic E-state index is -2.05. The summed E-state index contributed by atoms with van der Waals surface area (Å²) in [6.45, 7) is 9.01. The highest BCUT2D eigenvalue weighted by molar-refractivity contribution is 6.24. The lowest BCUT2D eigenvalue weighted by Crippen LogP contribution is -2.70. The predicted octanol–water partition coefficient (Wildman–Crippen LogP) is 4.05. The summed E-state index contributed by atoms with van der Waals surface area (Å²) in [6.07, 6.45) is 6.73. The van der Waals surface area contributed by atoms with Crippen molar-refractivity contribution in [1.29, 1.82) is 0 Å². The zero-order chi connectivity index (χ0) is 39.7. The van der Waals surface area contributed by atoms with Crippen LogP contribution in [-0.4, -0.2) is 86.9 Å². The molecule has 55 heavy (non-hydrogen) atoms. The first-order valence-corrected chi connectivity index (χ1v) is 19.4. The molecule has 2 heterocycles. The normalized spacial score (nSPS) is 36.4. The number of hydrogen-bond donors (Lipinski definition) is 4. The van der Waals surface area contributed by atoms with Crippen LogP contribution in [0, 0.1) is 28.6 Å². The van der Waals surface area contributed by atoms with Crippen LogP contribution >= 0.6 is 0 Å². The Hall–Kier alpha value is -4.49. The molecule has 0 spiro atoms. The van der Waals surface area contributed by atoms with Gasteiger partial charge in [-0.25, -0.2) is 4.39 Å². The molecule has 4 amide bonds. The maximum Gasteiger partial charge on any atom is 0.266 e. The van der Waals surface area contributed by atoms with Crippen LogP contribution in [-0.2, 0) is 19.2 Å². The molecular formula is C42H50FN3O9. The van der Waals surface area contributed by atoms with Gasteiger partial charge in [0.2, 0.25) is 5.91 Å². The quantitative estimate of drug-likeness (QED) is 0.191. The van der Waals surface area contributed by atoms with Crippen LogP contribution in [0.3, 0.4) is 0 Å². The number of alkyl halides is 1. The van der Waals surface area contributed by atoms with Gasteiger partial charge in [-0.05, 0) is 94.4 Å². The first-order valence-electron chi connectivity index (χ1n) is 19.4. The smallest absolute Gasteiger partial charge is 0.266 e. The van der Waals surface area contributed by atoms with Crippen molar-refractivity contribution in [3.8, 4) is 5.75 Å². The number of hydrogen-bond acceptors (Lipinski definition) is 9. The van der Waals surface area contributed by atoms with Crippen LogP contribution in [0.15, 0.2) is 54.3 Å². The van der Waals surface area contributed by atoms with E-state index in [1.165, 1.54) is 24.3 Å². The number of unbranched alkanes of at least 4 members (excludes halogenated alkanes) is 2. The highest BCUT2D eigenvalue weighted by atomic mass is 19.1. The fraction of sp³-hybridized carbons (Fsp3) is 0.571. The van der Waals surface area contributed by atoms with Crippen molar-refractivity contribution in [2.75, 3.05) is 13.2 Å². The Morgan fingerprint density at radius 1 is 1.07 bits per heavy atom. The van der Waals surface area contributed by atoms with E-state index in [4.69, 9.17) is 4.74 Å². The predicted molar refractivity (Wildman–Crippen MR) is 197 cm³/mol. The molecular weight excluding hydrogens is 709 g/mol. The second-order valence-corrected chi connectivity index (χ2v) is 16.9. The molecule has 6 aliphatic rings. The van der Waals surface area contributed by atoms with E-state index >= 15 is 4.39 Å². The lowest BCUT2D eigenvalue weighted by Gasteiger charge is -2.62. The van der Waals surface area contributed by atoms with Gasteiger partial charge in [0, 0.05) is 35.4 Å². The van der Waals surface area contributed by atoms with E-state index in [9.17, 15) is 39.0 Å². The molecule has 4 fully saturated rings. The van der Waals surface area contributed by atoms with Gasteiger partial charge in [-0.2, -0.15) is 0 Å². The van der Waals surface area contributed by atoms with Crippen LogP contribution in [0.5, 0.6) is 5.75 Å². The number of nitrogens with zero attached hydrogens (tertiary/aromatic N) is 1. The molecule has 294 valence electrons. The number of Topliss-reactive ketones (excluding diaryl/α,β-unsaturated/α-hetero) is 1. The lowest BCUT2D eigenvalue weighted by atomic mass is 9.44. The summed E-state index contributed by atoms with van der Waals surface area (Å²) in [5, 5.41) is 29.2. The SMILES string of the molecule is C=C1CCC(N2C(=O)c3cccc(OCC(=O)CCCCCNC(=O)[C@@]4(O)[C@H](C)C[C@H]5[C@@H]6CCC7=CC(=O)C=C[C@]7(C)[C@@]6(F)[C@@H](O)C[C@@]54C)c3C2=O)C(=O)N1. The largest absolute Gasteiger partial charge is 0.485 e. The average molecular weight is 760 g/mol. The summed E-state index contributed by atoms with van der Waals surface area (Å²) in [7, 11) is 0. The maximum atomic E-state index is 17.4. The van der Waals surface area contributed by atoms with Gasteiger partial charge in [-0.3, -0.25) is 33.7 Å². The van der Waals surface area contributed by atoms with Crippen molar-refractivity contribution in [2.24, 2.45) is 28.6 Å². The van der Waals surface area contributed by atoms with Gasteiger partial charge in [-0.15, -0.1) is 0 Å². The van der Waals surface area contributed by atoms with Crippen molar-refractivity contribution >= 4 is 35.2 Å². The number of piperidine rings is 1. The van der Waals surface area contributed by atoms with Gasteiger partial charge >= 0.3 is 0 Å². The highest BCUT2D eigenvalue weighted by Gasteiger charge is 2.75. The van der Waals surface area contributed by atoms with Gasteiger partial charge in [-0.1, -0.05) is 44.6 Å². The van der Waals surface area contributed by atoms with E-state index in [1.807, 2.05) is 0 Å². The molecule has 1 aromatic carbocycles. The van der Waals surface area contributed by atoms with Crippen LogP contribution < -0.4 is 15.4 Å². The molecule has 12 nitrogen and oxygen atoms in total. The second-order valence-electron chi connectivity index (χ2n) is 16.9. The summed E-state index contributed by atoms with van der Waals surface area (Å²) >= 11 is 0. The number of carbonyl (C=O) groups excluding carboxylic acids is 6. The van der Waals surface area contributed by atoms with Crippen molar-refractivity contribution in [3.63, 3.8) is 0 Å². The third-order valence-electron chi connectivity index (χ3n) is 13.9. The number of aliphatic hydroxyl groups excluding tert-OH is 1. The number of imide groups is 1. The molecule has 0 radical (unpaired) electrons. The highest BCUT2D eigenvalue weighted by Crippen LogP contribution is 2.70. The molecule has 3 saturated carbocycles. The molecule has 2 aliphatic heterocycles. The number of aliphatic hydroxyl groups is 2. The number of ketones is 2. The minimum absolute atomic E-state index is 0.0248. The molecule has 1 aromatic rings. The summed E-state index contributed by atoms with van der Waals surface area (Å²) in [6, 6.07) is 3.59. The van der Waals surface area contributed by atoms with Gasteiger partial charge in [0.05, 0.1) is 17.2 Å². The van der Waals surface area contributed by atoms with E-state index in [0.717, 1.165) is 4.90 Å². The van der Waals surface area contributed by atoms with Gasteiger partial charge in [0.1, 0.15) is 18.4 Å². The molecule has 0 aromatic heterocycles. The van der Waals surface area contributed by atoms with E-state index in [-0.39, 0.29) is 66.8 Å². The Bertz CT molecular complexity index is 1940. The number of fused-ring (bicyclic) bond motifs is 6. The molecule has 1 unspecified atom stereocenters. The molecule has 4 aliphatic carbocycles. The van der Waals surface area contributed by atoms with Crippen LogP contribution in [0.4, 0.5) is 4.39 Å². The van der Waals surface area contributed by atoms with E-state index in [1.54, 1.807) is 32.9 Å². The van der Waals surface area contributed by atoms with E-state index < -0.39 is 69.7 Å². The van der Waals surface area contributed by atoms with Crippen LogP contribution in [0.25, 0.3) is 0 Å². The van der Waals surface area contributed by atoms with Crippen molar-refractivity contribution in [3.05, 3.63) is 65.4 Å². The molecule has 4 N–H and O–H groups in total. The topological polar surface area (TPSA) is 179 Å². The van der Waals surface area contributed by atoms with Gasteiger partial charge in [0.15, 0.2) is 22.8 Å². The zero-order valence-corrected chi connectivity index (χ0v) is 31.6. The Morgan fingerprint density at radius 3 is 2.58 bits per heavy atom. The number of carbonyl (C=O) groups is 6. The number of allylic oxidation sites excluding steroid dienone is 5. The molecule has 7 rings (SSSR count). The lowest BCUT2D eigenvalue weighted by molar-refractivity contribution is -0.219. The molecule has 13 heteroatoms. The second kappa shape index (κ2) is 13.9. The van der Waals surface area contributed by atoms with Crippen LogP contribution in [0.1, 0.15) is 106 Å². The number of amides is 4. The van der Waals surface area contributed by atoms with Crippen molar-refractivity contribution < 1.29 is 48.1 Å². The number of nitrogens with one attached hydrogen (secondary N) is 2. The monoisotopic (exact) mass is 759 g/mol. The fourth-order valence-electron chi connectivity index (χ4n) is 10.9. The van der Waals surface area contributed by atoms with E-state index in [0.29, 0.717) is 56.2 Å². The zero-order valence-electron chi connectivity index (χ0n) is 31.6. The Labute approximate surface area is 319 Å². The first-order chi connectivity index (χ1) is 26.0. The Balaban J connectivity index is 0.896. The third-order valence-corrected chi connectivity index (χ3v) is 13.9. The van der Waals surface area contributed by atoms with Crippen LogP contribution in [0.2, 0.25) is 0 Å². The first kappa shape index (κ1) is 38.8. The summed E-state index contributed by atoms with van der Waals surface area (Å²) in [4.78, 5) is 78.6. The fourth-order valence-corrected chi connectivity index (χ4v) is 10.9. The summed E-state index contributed by atoms with van der Waals surface area (Å²) in [5.41, 5.74) is -4.78. The number of halogens is 1. The maximum absolute atomic E-state index is 17.4. The Kier molecular flexibility index (Phi) is 9.81. The molecule has 9 atom stereocenters. The van der Waals surface area contributed by atoms with E-state index in [2.05, 4.69) is 17.2 Å². The minimum Gasteiger partial charge on any atom is -0.485 e. The van der Waals surface area contributed by atoms with Gasteiger partial charge in [0.25, 0.3) is 17.7 Å². The molecule has 0 bridgehead atoms. The average Bonchev–Trinajstić information content (AvgIpc) is 3.51. The summed E-state index contributed by atoms with van der Waals surface area (Å²) < 4.78 is 23.2. The standard InChI is InChI=1S/C42H50FN3O9/c1-23-19-30-29-14-13-25-20-26(47)16-17-39(25,3)41(29,43)33(49)21-40(30,4)42(23,54)38(53)44-18-7-5-6-9-27(48)22-55-32-11-8-10-28-34(32)37(52)46(36(28)51)31-15-12-24(2)45-35(31)50/h8,10-11,16-17,20,23,29-31,33,49,54H,2,5-7,9,12-15,18-19,21-22H2,1,3-4H3,(H,44,53)(H,45,50)/t23-,29+,30+,31?,33+,39+,40+,41+,42+/m1/s1. The van der Waals surface area contributed by atoms with Crippen molar-refractivity contribution in [1.82, 2.24) is 15.5 Å². The number of rotatable bonds is 11. The van der Waals surface area contributed by atoms with Gasteiger partial charge < -0.3 is 25.6 Å². The number of ether oxygens (including phenoxy) is 1. The summed E-state index contributed by atoms with van der Waals surface area (Å²) in [5.74, 6) is -4.05. The Morgan fingerprint density at radius 2 is 1.84 bits per heavy atom.